The number of aryl methyl sites for hydroxylation is 1. The van der Waals surface area contributed by atoms with E-state index < -0.39 is 0 Å². The zero-order valence-corrected chi connectivity index (χ0v) is 7.54. The van der Waals surface area contributed by atoms with Crippen molar-refractivity contribution in [2.75, 3.05) is 6.54 Å². The standard InChI is InChI=1S/C9H12N2O2/c1-3-9(12)10-5-4-8-6-11-7(2)13-8/h3,6H,1,4-5H2,2H3,(H,10,12). The van der Waals surface area contributed by atoms with Gasteiger partial charge in [0, 0.05) is 19.9 Å². The molecule has 70 valence electrons. The number of hydrogen-bond donors (Lipinski definition) is 1. The van der Waals surface area contributed by atoms with Crippen LogP contribution in [0, 0.1) is 6.92 Å². The Balaban J connectivity index is 2.27. The second kappa shape index (κ2) is 4.45. The van der Waals surface area contributed by atoms with Crippen LogP contribution in [0.5, 0.6) is 0 Å². The minimum Gasteiger partial charge on any atom is -0.446 e. The monoisotopic (exact) mass is 180 g/mol. The third-order valence-electron chi connectivity index (χ3n) is 1.53. The van der Waals surface area contributed by atoms with Crippen LogP contribution in [0.4, 0.5) is 0 Å². The average Bonchev–Trinajstić information content (AvgIpc) is 2.51. The van der Waals surface area contributed by atoms with Crippen LogP contribution in [-0.4, -0.2) is 17.4 Å². The maximum atomic E-state index is 10.7. The molecule has 0 aromatic carbocycles. The zero-order valence-electron chi connectivity index (χ0n) is 7.54. The molecule has 0 spiro atoms. The van der Waals surface area contributed by atoms with Crippen LogP contribution in [0.15, 0.2) is 23.3 Å². The van der Waals surface area contributed by atoms with Crippen molar-refractivity contribution >= 4 is 5.91 Å². The largest absolute Gasteiger partial charge is 0.446 e. The van der Waals surface area contributed by atoms with E-state index in [2.05, 4.69) is 16.9 Å². The molecule has 0 atom stereocenters. The van der Waals surface area contributed by atoms with Gasteiger partial charge in [-0.3, -0.25) is 4.79 Å². The van der Waals surface area contributed by atoms with Gasteiger partial charge in [0.05, 0.1) is 6.20 Å². The Morgan fingerprint density at radius 3 is 3.15 bits per heavy atom. The second-order valence-corrected chi connectivity index (χ2v) is 2.59. The van der Waals surface area contributed by atoms with Gasteiger partial charge in [-0.15, -0.1) is 0 Å². The molecule has 1 rings (SSSR count). The third-order valence-corrected chi connectivity index (χ3v) is 1.53. The highest BCUT2D eigenvalue weighted by Gasteiger charge is 1.99. The summed E-state index contributed by atoms with van der Waals surface area (Å²) in [5, 5.41) is 2.65. The zero-order chi connectivity index (χ0) is 9.68. The molecule has 4 nitrogen and oxygen atoms in total. The smallest absolute Gasteiger partial charge is 0.243 e. The summed E-state index contributed by atoms with van der Waals surface area (Å²) in [5.74, 6) is 1.25. The maximum absolute atomic E-state index is 10.7. The lowest BCUT2D eigenvalue weighted by Crippen LogP contribution is -2.23. The van der Waals surface area contributed by atoms with Gasteiger partial charge in [-0.05, 0) is 6.08 Å². The van der Waals surface area contributed by atoms with E-state index in [0.29, 0.717) is 18.9 Å². The molecule has 0 bridgehead atoms. The number of rotatable bonds is 4. The van der Waals surface area contributed by atoms with E-state index >= 15 is 0 Å². The van der Waals surface area contributed by atoms with Crippen molar-refractivity contribution in [2.45, 2.75) is 13.3 Å². The molecule has 0 saturated carbocycles. The summed E-state index contributed by atoms with van der Waals surface area (Å²) >= 11 is 0. The second-order valence-electron chi connectivity index (χ2n) is 2.59. The van der Waals surface area contributed by atoms with Crippen LogP contribution in [-0.2, 0) is 11.2 Å². The molecule has 1 aromatic heterocycles. The van der Waals surface area contributed by atoms with Crippen LogP contribution in [0.2, 0.25) is 0 Å². The van der Waals surface area contributed by atoms with Crippen molar-refractivity contribution in [1.29, 1.82) is 0 Å². The molecular weight excluding hydrogens is 168 g/mol. The Hall–Kier alpha value is -1.58. The van der Waals surface area contributed by atoms with E-state index in [0.717, 1.165) is 5.76 Å². The van der Waals surface area contributed by atoms with Gasteiger partial charge >= 0.3 is 0 Å². The predicted molar refractivity (Wildman–Crippen MR) is 48.2 cm³/mol. The van der Waals surface area contributed by atoms with Crippen LogP contribution in [0.25, 0.3) is 0 Å². The summed E-state index contributed by atoms with van der Waals surface area (Å²) in [5.41, 5.74) is 0. The summed E-state index contributed by atoms with van der Waals surface area (Å²) in [6.07, 6.45) is 3.56. The van der Waals surface area contributed by atoms with Crippen molar-refractivity contribution in [3.63, 3.8) is 0 Å². The van der Waals surface area contributed by atoms with E-state index in [1.54, 1.807) is 13.1 Å². The Bertz CT molecular complexity index is 304. The molecule has 1 aromatic rings. The Kier molecular flexibility index (Phi) is 3.25. The highest BCUT2D eigenvalue weighted by atomic mass is 16.3. The topological polar surface area (TPSA) is 55.1 Å². The molecule has 0 saturated heterocycles. The fraction of sp³-hybridized carbons (Fsp3) is 0.333. The SMILES string of the molecule is C=CC(=O)NCCc1cnc(C)o1. The van der Waals surface area contributed by atoms with Crippen molar-refractivity contribution in [3.8, 4) is 0 Å². The molecule has 1 N–H and O–H groups in total. The lowest BCUT2D eigenvalue weighted by molar-refractivity contribution is -0.116. The van der Waals surface area contributed by atoms with Gasteiger partial charge in [-0.25, -0.2) is 4.98 Å². The maximum Gasteiger partial charge on any atom is 0.243 e. The number of nitrogens with one attached hydrogen (secondary N) is 1. The summed E-state index contributed by atoms with van der Waals surface area (Å²) in [6, 6.07) is 0. The van der Waals surface area contributed by atoms with Crippen LogP contribution >= 0.6 is 0 Å². The normalized spacial score (nSPS) is 9.62. The van der Waals surface area contributed by atoms with Crippen LogP contribution in [0.3, 0.4) is 0 Å². The first kappa shape index (κ1) is 9.51. The average molecular weight is 180 g/mol. The minimum atomic E-state index is -0.170. The first-order valence-corrected chi connectivity index (χ1v) is 4.04. The molecular formula is C9H12N2O2. The highest BCUT2D eigenvalue weighted by Crippen LogP contribution is 2.01. The predicted octanol–water partition coefficient (Wildman–Crippen LogP) is 0.828. The van der Waals surface area contributed by atoms with Crippen molar-refractivity contribution in [1.82, 2.24) is 10.3 Å². The fourth-order valence-electron chi connectivity index (χ4n) is 0.902. The first-order chi connectivity index (χ1) is 6.22. The fourth-order valence-corrected chi connectivity index (χ4v) is 0.902. The van der Waals surface area contributed by atoms with Gasteiger partial charge in [-0.1, -0.05) is 6.58 Å². The van der Waals surface area contributed by atoms with E-state index in [1.807, 2.05) is 0 Å². The number of hydrogen-bond acceptors (Lipinski definition) is 3. The molecule has 0 unspecified atom stereocenters. The highest BCUT2D eigenvalue weighted by molar-refractivity contribution is 5.86. The molecule has 1 heterocycles. The summed E-state index contributed by atoms with van der Waals surface area (Å²) in [7, 11) is 0. The molecule has 0 aliphatic rings. The lowest BCUT2D eigenvalue weighted by atomic mass is 10.3. The van der Waals surface area contributed by atoms with Gasteiger partial charge in [-0.2, -0.15) is 0 Å². The number of aromatic nitrogens is 1. The van der Waals surface area contributed by atoms with E-state index in [9.17, 15) is 4.79 Å². The quantitative estimate of drug-likeness (QED) is 0.698. The molecule has 1 amide bonds. The van der Waals surface area contributed by atoms with E-state index in [-0.39, 0.29) is 5.91 Å². The summed E-state index contributed by atoms with van der Waals surface area (Å²) in [6.45, 7) is 5.67. The third kappa shape index (κ3) is 3.11. The van der Waals surface area contributed by atoms with Crippen molar-refractivity contribution in [3.05, 3.63) is 30.5 Å². The molecule has 4 heteroatoms. The Morgan fingerprint density at radius 2 is 2.62 bits per heavy atom. The first-order valence-electron chi connectivity index (χ1n) is 4.04. The van der Waals surface area contributed by atoms with Gasteiger partial charge in [0.1, 0.15) is 5.76 Å². The number of nitrogens with zero attached hydrogens (tertiary/aromatic N) is 1. The molecule has 0 radical (unpaired) electrons. The van der Waals surface area contributed by atoms with Crippen LogP contribution in [0.1, 0.15) is 11.7 Å². The minimum absolute atomic E-state index is 0.170. The lowest BCUT2D eigenvalue weighted by Gasteiger charge is -1.98. The number of carbonyl (C=O) groups excluding carboxylic acids is 1. The van der Waals surface area contributed by atoms with Gasteiger partial charge < -0.3 is 9.73 Å². The number of oxazole rings is 1. The number of amides is 1. The Labute approximate surface area is 76.7 Å². The molecule has 0 fully saturated rings. The number of carbonyl (C=O) groups is 1. The van der Waals surface area contributed by atoms with Crippen molar-refractivity contribution in [2.24, 2.45) is 0 Å². The Morgan fingerprint density at radius 1 is 1.85 bits per heavy atom. The van der Waals surface area contributed by atoms with E-state index in [1.165, 1.54) is 6.08 Å². The molecule has 13 heavy (non-hydrogen) atoms. The van der Waals surface area contributed by atoms with Crippen LogP contribution < -0.4 is 5.32 Å². The van der Waals surface area contributed by atoms with Gasteiger partial charge in [0.15, 0.2) is 5.89 Å². The molecule has 0 aliphatic heterocycles. The van der Waals surface area contributed by atoms with Gasteiger partial charge in [0.2, 0.25) is 5.91 Å². The van der Waals surface area contributed by atoms with Gasteiger partial charge in [0.25, 0.3) is 0 Å². The van der Waals surface area contributed by atoms with E-state index in [4.69, 9.17) is 4.42 Å². The van der Waals surface area contributed by atoms with Crippen molar-refractivity contribution < 1.29 is 9.21 Å². The molecule has 0 aliphatic carbocycles. The summed E-state index contributed by atoms with van der Waals surface area (Å²) in [4.78, 5) is 14.7. The summed E-state index contributed by atoms with van der Waals surface area (Å²) < 4.78 is 5.21.